The van der Waals surface area contributed by atoms with Gasteiger partial charge in [-0.25, -0.2) is 0 Å². The number of ether oxygens (including phenoxy) is 1. The van der Waals surface area contributed by atoms with E-state index in [1.165, 1.54) is 10.9 Å². The molecule has 0 bridgehead atoms. The molecule has 1 aromatic heterocycles. The van der Waals surface area contributed by atoms with Gasteiger partial charge in [0.05, 0.1) is 12.6 Å². The molecule has 2 rings (SSSR count). The molecule has 3 nitrogen and oxygen atoms in total. The number of benzene rings is 1. The van der Waals surface area contributed by atoms with E-state index in [0.717, 1.165) is 24.2 Å². The number of methoxy groups -OCH3 is 1. The normalized spacial score (nSPS) is 9.60. The Morgan fingerprint density at radius 2 is 1.75 bits per heavy atom. The van der Waals surface area contributed by atoms with E-state index < -0.39 is 0 Å². The fourth-order valence-electron chi connectivity index (χ4n) is 1.91. The number of para-hydroxylation sites is 1. The Morgan fingerprint density at radius 3 is 2.30 bits per heavy atom. The van der Waals surface area contributed by atoms with Crippen molar-refractivity contribution in [3.8, 4) is 5.75 Å². The van der Waals surface area contributed by atoms with Crippen LogP contribution in [0.25, 0.3) is 10.9 Å². The van der Waals surface area contributed by atoms with E-state index in [2.05, 4.69) is 36.2 Å². The maximum absolute atomic E-state index is 5.32. The first-order valence-corrected chi connectivity index (χ1v) is 7.50. The molecule has 1 N–H and O–H groups in total. The summed E-state index contributed by atoms with van der Waals surface area (Å²) in [5.74, 6) is 0.911. The van der Waals surface area contributed by atoms with Crippen LogP contribution in [0, 0.1) is 0 Å². The smallest absolute Gasteiger partial charge is 0.142 e. The average Bonchev–Trinajstić information content (AvgIpc) is 2.92. The highest BCUT2D eigenvalue weighted by Crippen LogP contribution is 2.27. The molecule has 0 atom stereocenters. The summed E-state index contributed by atoms with van der Waals surface area (Å²) in [6.07, 6.45) is 3.14. The van der Waals surface area contributed by atoms with E-state index in [9.17, 15) is 0 Å². The molecule has 1 aromatic carbocycles. The first-order chi connectivity index (χ1) is 9.72. The van der Waals surface area contributed by atoms with Crippen LogP contribution < -0.4 is 4.74 Å². The van der Waals surface area contributed by atoms with Crippen molar-refractivity contribution in [2.75, 3.05) is 27.7 Å². The van der Waals surface area contributed by atoms with E-state index in [0.29, 0.717) is 0 Å². The van der Waals surface area contributed by atoms with Gasteiger partial charge in [-0.3, -0.25) is 0 Å². The Morgan fingerprint density at radius 1 is 1.10 bits per heavy atom. The highest BCUT2D eigenvalue weighted by atomic mass is 16.5. The van der Waals surface area contributed by atoms with Gasteiger partial charge in [0, 0.05) is 18.1 Å². The van der Waals surface area contributed by atoms with Gasteiger partial charge in [0.1, 0.15) is 5.75 Å². The molecule has 1 heterocycles. The lowest BCUT2D eigenvalue weighted by molar-refractivity contribution is 0.414. The number of nitrogens with zero attached hydrogens (tertiary/aromatic N) is 1. The number of H-pyrrole nitrogens is 1. The van der Waals surface area contributed by atoms with Gasteiger partial charge in [-0.2, -0.15) is 0 Å². The molecule has 114 valence electrons. The number of nitrogens with one attached hydrogen (secondary N) is 1. The number of rotatable bonds is 4. The SMILES string of the molecule is CC.CC.COc1cccc2c(CCN(C)C)c[nH]c12. The third-order valence-electron chi connectivity index (χ3n) is 2.81. The molecular weight excluding hydrogens is 248 g/mol. The van der Waals surface area contributed by atoms with Crippen molar-refractivity contribution in [2.45, 2.75) is 34.1 Å². The van der Waals surface area contributed by atoms with Crippen LogP contribution in [-0.4, -0.2) is 37.6 Å². The van der Waals surface area contributed by atoms with E-state index in [-0.39, 0.29) is 0 Å². The molecule has 0 unspecified atom stereocenters. The predicted octanol–water partition coefficient (Wildman–Crippen LogP) is 4.33. The summed E-state index contributed by atoms with van der Waals surface area (Å²) < 4.78 is 5.32. The zero-order valence-electron chi connectivity index (χ0n) is 14.1. The molecule has 20 heavy (non-hydrogen) atoms. The van der Waals surface area contributed by atoms with Gasteiger partial charge in [-0.05, 0) is 32.1 Å². The highest BCUT2D eigenvalue weighted by molar-refractivity contribution is 5.88. The lowest BCUT2D eigenvalue weighted by Gasteiger charge is -2.08. The molecule has 0 amide bonds. The maximum atomic E-state index is 5.32. The molecule has 3 heteroatoms. The fraction of sp³-hybridized carbons (Fsp3) is 0.529. The average molecular weight is 278 g/mol. The molecule has 0 aliphatic carbocycles. The Bertz CT molecular complexity index is 475. The topological polar surface area (TPSA) is 28.3 Å². The predicted molar refractivity (Wildman–Crippen MR) is 89.8 cm³/mol. The standard InChI is InChI=1S/C13H18N2O.2C2H6/c1-15(2)8-7-10-9-14-13-11(10)5-4-6-12(13)16-3;2*1-2/h4-6,9,14H,7-8H2,1-3H3;2*1-2H3. The van der Waals surface area contributed by atoms with E-state index in [4.69, 9.17) is 4.74 Å². The van der Waals surface area contributed by atoms with E-state index >= 15 is 0 Å². The van der Waals surface area contributed by atoms with E-state index in [1.807, 2.05) is 39.8 Å². The molecule has 0 saturated carbocycles. The lowest BCUT2D eigenvalue weighted by Crippen LogP contribution is -2.14. The van der Waals surface area contributed by atoms with Gasteiger partial charge < -0.3 is 14.6 Å². The van der Waals surface area contributed by atoms with Crippen LogP contribution in [0.5, 0.6) is 5.75 Å². The Kier molecular flexibility index (Phi) is 9.56. The number of hydrogen-bond acceptors (Lipinski definition) is 2. The van der Waals surface area contributed by atoms with Gasteiger partial charge in [0.2, 0.25) is 0 Å². The zero-order valence-corrected chi connectivity index (χ0v) is 14.1. The summed E-state index contributed by atoms with van der Waals surface area (Å²) in [7, 11) is 5.89. The molecule has 0 fully saturated rings. The molecule has 0 aliphatic heterocycles. The van der Waals surface area contributed by atoms with Gasteiger partial charge in [0.25, 0.3) is 0 Å². The minimum absolute atomic E-state index is 0.911. The third kappa shape index (κ3) is 4.89. The minimum atomic E-state index is 0.911. The molecule has 0 radical (unpaired) electrons. The maximum Gasteiger partial charge on any atom is 0.142 e. The molecule has 0 saturated heterocycles. The molecular formula is C17H30N2O. The number of hydrogen-bond donors (Lipinski definition) is 1. The summed E-state index contributed by atoms with van der Waals surface area (Å²) >= 11 is 0. The summed E-state index contributed by atoms with van der Waals surface area (Å²) in [4.78, 5) is 5.48. The summed E-state index contributed by atoms with van der Waals surface area (Å²) in [6.45, 7) is 9.06. The van der Waals surface area contributed by atoms with Crippen LogP contribution in [0.1, 0.15) is 33.3 Å². The second-order valence-electron chi connectivity index (χ2n) is 4.25. The number of likely N-dealkylation sites (N-methyl/N-ethyl adjacent to an activating group) is 1. The van der Waals surface area contributed by atoms with Gasteiger partial charge in [0.15, 0.2) is 0 Å². The van der Waals surface area contributed by atoms with Crippen molar-refractivity contribution in [3.63, 3.8) is 0 Å². The van der Waals surface area contributed by atoms with Crippen molar-refractivity contribution in [1.82, 2.24) is 9.88 Å². The summed E-state index contributed by atoms with van der Waals surface area (Å²) in [5, 5.41) is 1.27. The van der Waals surface area contributed by atoms with Crippen LogP contribution in [-0.2, 0) is 6.42 Å². The largest absolute Gasteiger partial charge is 0.495 e. The van der Waals surface area contributed by atoms with Crippen LogP contribution >= 0.6 is 0 Å². The van der Waals surface area contributed by atoms with Crippen molar-refractivity contribution < 1.29 is 4.74 Å². The third-order valence-corrected chi connectivity index (χ3v) is 2.81. The lowest BCUT2D eigenvalue weighted by atomic mass is 10.1. The number of fused-ring (bicyclic) bond motifs is 1. The Hall–Kier alpha value is -1.48. The first-order valence-electron chi connectivity index (χ1n) is 7.50. The second kappa shape index (κ2) is 10.3. The Balaban J connectivity index is 0.000000829. The van der Waals surface area contributed by atoms with Crippen LogP contribution in [0.15, 0.2) is 24.4 Å². The van der Waals surface area contributed by atoms with Gasteiger partial charge >= 0.3 is 0 Å². The van der Waals surface area contributed by atoms with Crippen LogP contribution in [0.4, 0.5) is 0 Å². The fourth-order valence-corrected chi connectivity index (χ4v) is 1.91. The monoisotopic (exact) mass is 278 g/mol. The van der Waals surface area contributed by atoms with Crippen LogP contribution in [0.2, 0.25) is 0 Å². The molecule has 0 aliphatic rings. The molecule has 2 aromatic rings. The van der Waals surface area contributed by atoms with E-state index in [1.54, 1.807) is 7.11 Å². The second-order valence-corrected chi connectivity index (χ2v) is 4.25. The van der Waals surface area contributed by atoms with Crippen LogP contribution in [0.3, 0.4) is 0 Å². The Labute approximate surface area is 123 Å². The first kappa shape index (κ1) is 18.5. The minimum Gasteiger partial charge on any atom is -0.495 e. The highest BCUT2D eigenvalue weighted by Gasteiger charge is 2.07. The summed E-state index contributed by atoms with van der Waals surface area (Å²) in [6, 6.07) is 6.15. The van der Waals surface area contributed by atoms with Crippen molar-refractivity contribution in [3.05, 3.63) is 30.0 Å². The van der Waals surface area contributed by atoms with Gasteiger partial charge in [-0.1, -0.05) is 39.8 Å². The van der Waals surface area contributed by atoms with Crippen molar-refractivity contribution >= 4 is 10.9 Å². The number of aromatic nitrogens is 1. The zero-order chi connectivity index (χ0) is 15.5. The quantitative estimate of drug-likeness (QED) is 0.901. The van der Waals surface area contributed by atoms with Gasteiger partial charge in [-0.15, -0.1) is 0 Å². The number of aromatic amines is 1. The molecule has 0 spiro atoms. The van der Waals surface area contributed by atoms with Crippen molar-refractivity contribution in [1.29, 1.82) is 0 Å². The van der Waals surface area contributed by atoms with Crippen molar-refractivity contribution in [2.24, 2.45) is 0 Å². The summed E-state index contributed by atoms with van der Waals surface area (Å²) in [5.41, 5.74) is 2.45.